The van der Waals surface area contributed by atoms with E-state index in [1.165, 1.54) is 10.6 Å². The monoisotopic (exact) mass is 386 g/mol. The molecule has 1 heterocycles. The van der Waals surface area contributed by atoms with Crippen molar-refractivity contribution in [1.29, 1.82) is 0 Å². The standard InChI is InChI=1S/C20H26N4O2S/c21-24(12-25)16-8-5-13(6-9-16)15-7-10-17-18(11-15)27-20(22-17)23-19(26)14-3-1-2-4-14/h7,10-14,16H,1-6,8-9,21H2,(H,22,23,26). The molecule has 2 aromatic rings. The van der Waals surface area contributed by atoms with Crippen LogP contribution in [0.4, 0.5) is 5.13 Å². The Morgan fingerprint density at radius 3 is 2.63 bits per heavy atom. The highest BCUT2D eigenvalue weighted by molar-refractivity contribution is 7.22. The number of aromatic nitrogens is 1. The van der Waals surface area contributed by atoms with Crippen LogP contribution in [0.2, 0.25) is 0 Å². The normalized spacial score (nSPS) is 23.4. The van der Waals surface area contributed by atoms with Crippen LogP contribution in [0.15, 0.2) is 18.2 Å². The molecule has 2 saturated carbocycles. The molecule has 2 aliphatic carbocycles. The molecule has 1 aromatic carbocycles. The highest BCUT2D eigenvalue weighted by atomic mass is 32.1. The Balaban J connectivity index is 1.43. The molecule has 0 aliphatic heterocycles. The summed E-state index contributed by atoms with van der Waals surface area (Å²) in [5, 5.41) is 5.02. The summed E-state index contributed by atoms with van der Waals surface area (Å²) in [6.07, 6.45) is 8.93. The van der Waals surface area contributed by atoms with Gasteiger partial charge in [0.25, 0.3) is 0 Å². The fourth-order valence-corrected chi connectivity index (χ4v) is 5.35. The van der Waals surface area contributed by atoms with Crippen molar-refractivity contribution in [2.75, 3.05) is 5.32 Å². The summed E-state index contributed by atoms with van der Waals surface area (Å²) < 4.78 is 1.12. The molecule has 4 rings (SSSR count). The molecule has 0 spiro atoms. The van der Waals surface area contributed by atoms with Gasteiger partial charge in [-0.25, -0.2) is 10.8 Å². The third kappa shape index (κ3) is 3.99. The molecule has 144 valence electrons. The van der Waals surface area contributed by atoms with Gasteiger partial charge in [-0.15, -0.1) is 0 Å². The third-order valence-corrected chi connectivity index (χ3v) is 7.01. The van der Waals surface area contributed by atoms with Crippen LogP contribution >= 0.6 is 11.3 Å². The van der Waals surface area contributed by atoms with Gasteiger partial charge in [0.2, 0.25) is 12.3 Å². The van der Waals surface area contributed by atoms with Crippen molar-refractivity contribution in [2.45, 2.75) is 63.3 Å². The average Bonchev–Trinajstić information content (AvgIpc) is 3.36. The molecule has 2 fully saturated rings. The summed E-state index contributed by atoms with van der Waals surface area (Å²) in [6, 6.07) is 6.57. The van der Waals surface area contributed by atoms with E-state index in [0.717, 1.165) is 68.0 Å². The van der Waals surface area contributed by atoms with E-state index in [1.54, 1.807) is 11.3 Å². The van der Waals surface area contributed by atoms with Crippen molar-refractivity contribution < 1.29 is 9.59 Å². The zero-order valence-electron chi connectivity index (χ0n) is 15.4. The van der Waals surface area contributed by atoms with E-state index in [-0.39, 0.29) is 17.9 Å². The molecule has 7 heteroatoms. The number of nitrogens with two attached hydrogens (primary N) is 1. The zero-order valence-corrected chi connectivity index (χ0v) is 16.2. The van der Waals surface area contributed by atoms with Crippen LogP contribution in [0.25, 0.3) is 10.2 Å². The van der Waals surface area contributed by atoms with Crippen molar-refractivity contribution in [1.82, 2.24) is 9.99 Å². The molecule has 27 heavy (non-hydrogen) atoms. The van der Waals surface area contributed by atoms with E-state index < -0.39 is 0 Å². The summed E-state index contributed by atoms with van der Waals surface area (Å²) in [5.74, 6) is 6.47. The third-order valence-electron chi connectivity index (χ3n) is 6.08. The van der Waals surface area contributed by atoms with Gasteiger partial charge in [0.1, 0.15) is 0 Å². The molecule has 0 radical (unpaired) electrons. The first-order valence-corrected chi connectivity index (χ1v) is 10.7. The molecule has 3 N–H and O–H groups in total. The highest BCUT2D eigenvalue weighted by Crippen LogP contribution is 2.37. The predicted octanol–water partition coefficient (Wildman–Crippen LogP) is 3.78. The van der Waals surface area contributed by atoms with Crippen molar-refractivity contribution in [3.8, 4) is 0 Å². The minimum Gasteiger partial charge on any atom is -0.302 e. The van der Waals surface area contributed by atoms with Crippen LogP contribution < -0.4 is 11.2 Å². The molecular weight excluding hydrogens is 360 g/mol. The summed E-state index contributed by atoms with van der Waals surface area (Å²) in [6.45, 7) is 0. The minimum atomic E-state index is 0.117. The number of carbonyl (C=O) groups is 2. The number of nitrogens with zero attached hydrogens (tertiary/aromatic N) is 2. The summed E-state index contributed by atoms with van der Waals surface area (Å²) in [5.41, 5.74) is 2.25. The number of nitrogens with one attached hydrogen (secondary N) is 1. The molecule has 0 saturated heterocycles. The number of hydrogen-bond donors (Lipinski definition) is 2. The van der Waals surface area contributed by atoms with Gasteiger partial charge in [-0.3, -0.25) is 14.6 Å². The average molecular weight is 387 g/mol. The fourth-order valence-electron chi connectivity index (χ4n) is 4.44. The molecule has 1 aromatic heterocycles. The van der Waals surface area contributed by atoms with Gasteiger partial charge in [0.05, 0.1) is 10.2 Å². The number of thiazole rings is 1. The lowest BCUT2D eigenvalue weighted by atomic mass is 9.81. The lowest BCUT2D eigenvalue weighted by Crippen LogP contribution is -2.41. The Labute approximate surface area is 163 Å². The molecule has 0 atom stereocenters. The number of amides is 2. The van der Waals surface area contributed by atoms with E-state index in [1.807, 2.05) is 0 Å². The van der Waals surface area contributed by atoms with E-state index in [0.29, 0.717) is 11.0 Å². The van der Waals surface area contributed by atoms with Crippen LogP contribution in [0, 0.1) is 5.92 Å². The quantitative estimate of drug-likeness (QED) is 0.354. The number of rotatable bonds is 5. The summed E-state index contributed by atoms with van der Waals surface area (Å²) >= 11 is 1.55. The Kier molecular flexibility index (Phi) is 5.41. The molecule has 2 aliphatic rings. The number of fused-ring (bicyclic) bond motifs is 1. The van der Waals surface area contributed by atoms with Crippen molar-refractivity contribution in [3.05, 3.63) is 23.8 Å². The number of benzene rings is 1. The van der Waals surface area contributed by atoms with Gasteiger partial charge in [-0.1, -0.05) is 30.2 Å². The Morgan fingerprint density at radius 1 is 1.19 bits per heavy atom. The number of carbonyl (C=O) groups excluding carboxylic acids is 2. The minimum absolute atomic E-state index is 0.117. The Hall–Kier alpha value is -1.99. The summed E-state index contributed by atoms with van der Waals surface area (Å²) in [4.78, 5) is 27.7. The van der Waals surface area contributed by atoms with Gasteiger partial charge in [-0.2, -0.15) is 0 Å². The zero-order chi connectivity index (χ0) is 18.8. The number of hydrogen-bond acceptors (Lipinski definition) is 5. The van der Waals surface area contributed by atoms with E-state index in [4.69, 9.17) is 5.84 Å². The SMILES string of the molecule is NN(C=O)C1CCC(c2ccc3nc(NC(=O)C4CCCC4)sc3c2)CC1. The van der Waals surface area contributed by atoms with Crippen LogP contribution in [0.3, 0.4) is 0 Å². The van der Waals surface area contributed by atoms with Gasteiger partial charge >= 0.3 is 0 Å². The fraction of sp³-hybridized carbons (Fsp3) is 0.550. The van der Waals surface area contributed by atoms with Gasteiger partial charge in [0, 0.05) is 12.0 Å². The first-order valence-electron chi connectivity index (χ1n) is 9.83. The molecular formula is C20H26N4O2S. The predicted molar refractivity (Wildman–Crippen MR) is 107 cm³/mol. The van der Waals surface area contributed by atoms with Crippen molar-refractivity contribution >= 4 is 39.0 Å². The van der Waals surface area contributed by atoms with E-state index in [2.05, 4.69) is 28.5 Å². The van der Waals surface area contributed by atoms with Crippen LogP contribution in [-0.2, 0) is 9.59 Å². The molecule has 2 amide bonds. The topological polar surface area (TPSA) is 88.3 Å². The van der Waals surface area contributed by atoms with Crippen molar-refractivity contribution in [3.63, 3.8) is 0 Å². The second-order valence-electron chi connectivity index (χ2n) is 7.77. The van der Waals surface area contributed by atoms with Gasteiger partial charge < -0.3 is 5.32 Å². The van der Waals surface area contributed by atoms with Crippen LogP contribution in [0.1, 0.15) is 62.8 Å². The smallest absolute Gasteiger partial charge is 0.229 e. The van der Waals surface area contributed by atoms with Gasteiger partial charge in [0.15, 0.2) is 5.13 Å². The number of hydrazine groups is 1. The largest absolute Gasteiger partial charge is 0.302 e. The maximum absolute atomic E-state index is 12.3. The van der Waals surface area contributed by atoms with E-state index >= 15 is 0 Å². The van der Waals surface area contributed by atoms with Crippen molar-refractivity contribution in [2.24, 2.45) is 11.8 Å². The maximum Gasteiger partial charge on any atom is 0.229 e. The lowest BCUT2D eigenvalue weighted by Gasteiger charge is -2.32. The first-order chi connectivity index (χ1) is 13.1. The molecule has 0 bridgehead atoms. The van der Waals surface area contributed by atoms with Crippen LogP contribution in [-0.4, -0.2) is 28.4 Å². The first kappa shape index (κ1) is 18.4. The Bertz CT molecular complexity index is 822. The van der Waals surface area contributed by atoms with E-state index in [9.17, 15) is 9.59 Å². The number of anilines is 1. The molecule has 6 nitrogen and oxygen atoms in total. The second kappa shape index (κ2) is 7.94. The lowest BCUT2D eigenvalue weighted by molar-refractivity contribution is -0.121. The van der Waals surface area contributed by atoms with Crippen LogP contribution in [0.5, 0.6) is 0 Å². The maximum atomic E-state index is 12.3. The summed E-state index contributed by atoms with van der Waals surface area (Å²) in [7, 11) is 0. The van der Waals surface area contributed by atoms with Gasteiger partial charge in [-0.05, 0) is 62.1 Å². The Morgan fingerprint density at radius 2 is 1.93 bits per heavy atom. The second-order valence-corrected chi connectivity index (χ2v) is 8.81. The highest BCUT2D eigenvalue weighted by Gasteiger charge is 2.26. The molecule has 0 unspecified atom stereocenters.